The summed E-state index contributed by atoms with van der Waals surface area (Å²) >= 11 is 0. The molecule has 156 valence electrons. The summed E-state index contributed by atoms with van der Waals surface area (Å²) < 4.78 is 11.2. The number of carboxylic acid groups (broad SMARTS) is 1. The fourth-order valence-electron chi connectivity index (χ4n) is 3.48. The van der Waals surface area contributed by atoms with Crippen LogP contribution < -0.4 is 10.1 Å². The minimum Gasteiger partial charge on any atom is -0.497 e. The van der Waals surface area contributed by atoms with Gasteiger partial charge >= 0.3 is 6.09 Å². The SMILES string of the molecule is COc1ccc(COC2CCC(CC(NC(=O)O)C(=O)N(C)OC)CC2)cc1. The van der Waals surface area contributed by atoms with Crippen molar-refractivity contribution in [2.45, 2.75) is 50.9 Å². The van der Waals surface area contributed by atoms with Gasteiger partial charge in [-0.25, -0.2) is 9.86 Å². The van der Waals surface area contributed by atoms with Gasteiger partial charge < -0.3 is 19.9 Å². The molecule has 1 atom stereocenters. The molecule has 2 N–H and O–H groups in total. The third-order valence-electron chi connectivity index (χ3n) is 5.19. The van der Waals surface area contributed by atoms with E-state index in [4.69, 9.17) is 19.4 Å². The lowest BCUT2D eigenvalue weighted by Crippen LogP contribution is -2.47. The summed E-state index contributed by atoms with van der Waals surface area (Å²) in [7, 11) is 4.49. The number of methoxy groups -OCH3 is 1. The Labute approximate surface area is 165 Å². The lowest BCUT2D eigenvalue weighted by molar-refractivity contribution is -0.171. The van der Waals surface area contributed by atoms with Crippen LogP contribution in [0.25, 0.3) is 0 Å². The zero-order chi connectivity index (χ0) is 20.5. The highest BCUT2D eigenvalue weighted by Crippen LogP contribution is 2.30. The minimum absolute atomic E-state index is 0.182. The van der Waals surface area contributed by atoms with E-state index in [1.54, 1.807) is 7.11 Å². The van der Waals surface area contributed by atoms with E-state index in [-0.39, 0.29) is 17.9 Å². The van der Waals surface area contributed by atoms with Gasteiger partial charge in [-0.2, -0.15) is 0 Å². The van der Waals surface area contributed by atoms with Gasteiger partial charge in [0, 0.05) is 7.05 Å². The quantitative estimate of drug-likeness (QED) is 0.625. The minimum atomic E-state index is -1.21. The molecule has 1 aromatic rings. The highest BCUT2D eigenvalue weighted by molar-refractivity contribution is 5.84. The predicted molar refractivity (Wildman–Crippen MR) is 103 cm³/mol. The molecule has 0 spiro atoms. The second-order valence-corrected chi connectivity index (χ2v) is 7.06. The maximum Gasteiger partial charge on any atom is 0.405 e. The monoisotopic (exact) mass is 394 g/mol. The van der Waals surface area contributed by atoms with E-state index < -0.39 is 12.1 Å². The molecular weight excluding hydrogens is 364 g/mol. The van der Waals surface area contributed by atoms with Gasteiger partial charge in [0.2, 0.25) is 0 Å². The highest BCUT2D eigenvalue weighted by Gasteiger charge is 2.30. The Kier molecular flexibility index (Phi) is 8.53. The predicted octanol–water partition coefficient (Wildman–Crippen LogP) is 2.82. The Morgan fingerprint density at radius 2 is 1.82 bits per heavy atom. The van der Waals surface area contributed by atoms with Crippen molar-refractivity contribution in [1.82, 2.24) is 10.4 Å². The van der Waals surface area contributed by atoms with E-state index in [9.17, 15) is 9.59 Å². The first-order chi connectivity index (χ1) is 13.4. The van der Waals surface area contributed by atoms with Gasteiger partial charge in [-0.15, -0.1) is 0 Å². The van der Waals surface area contributed by atoms with Crippen LogP contribution in [0.5, 0.6) is 5.75 Å². The van der Waals surface area contributed by atoms with Gasteiger partial charge in [0.15, 0.2) is 0 Å². The summed E-state index contributed by atoms with van der Waals surface area (Å²) in [4.78, 5) is 28.2. The zero-order valence-corrected chi connectivity index (χ0v) is 16.7. The third kappa shape index (κ3) is 6.69. The van der Waals surface area contributed by atoms with E-state index in [1.165, 1.54) is 14.2 Å². The van der Waals surface area contributed by atoms with E-state index in [0.717, 1.165) is 42.1 Å². The normalized spacial score (nSPS) is 20.2. The van der Waals surface area contributed by atoms with E-state index in [1.807, 2.05) is 24.3 Å². The number of nitrogens with zero attached hydrogens (tertiary/aromatic N) is 1. The number of hydrogen-bond donors (Lipinski definition) is 2. The number of rotatable bonds is 9. The van der Waals surface area contributed by atoms with Gasteiger partial charge in [0.25, 0.3) is 5.91 Å². The van der Waals surface area contributed by atoms with Crippen LogP contribution in [-0.2, 0) is 21.0 Å². The van der Waals surface area contributed by atoms with Gasteiger partial charge in [-0.05, 0) is 55.7 Å². The Hall–Kier alpha value is -2.32. The van der Waals surface area contributed by atoms with Gasteiger partial charge in [-0.3, -0.25) is 9.63 Å². The second kappa shape index (κ2) is 10.9. The molecule has 1 saturated carbocycles. The van der Waals surface area contributed by atoms with Gasteiger partial charge in [-0.1, -0.05) is 12.1 Å². The average molecular weight is 394 g/mol. The van der Waals surface area contributed by atoms with Crippen LogP contribution in [0.15, 0.2) is 24.3 Å². The summed E-state index contributed by atoms with van der Waals surface area (Å²) in [5.41, 5.74) is 1.10. The Morgan fingerprint density at radius 1 is 1.18 bits per heavy atom. The number of ether oxygens (including phenoxy) is 2. The summed E-state index contributed by atoms with van der Waals surface area (Å²) in [5.74, 6) is 0.706. The number of benzene rings is 1. The Morgan fingerprint density at radius 3 is 2.36 bits per heavy atom. The molecule has 0 aliphatic heterocycles. The summed E-state index contributed by atoms with van der Waals surface area (Å²) in [6, 6.07) is 7.01. The number of nitrogens with one attached hydrogen (secondary N) is 1. The van der Waals surface area contributed by atoms with Crippen molar-refractivity contribution in [3.63, 3.8) is 0 Å². The van der Waals surface area contributed by atoms with Crippen LogP contribution in [0.4, 0.5) is 4.79 Å². The molecule has 1 unspecified atom stereocenters. The Bertz CT molecular complexity index is 628. The number of likely N-dealkylation sites (N-methyl/N-ethyl adjacent to an activating group) is 1. The first-order valence-corrected chi connectivity index (χ1v) is 9.48. The number of carbonyl (C=O) groups excluding carboxylic acids is 1. The van der Waals surface area contributed by atoms with Crippen molar-refractivity contribution < 1.29 is 29.0 Å². The molecule has 8 nitrogen and oxygen atoms in total. The van der Waals surface area contributed by atoms with E-state index >= 15 is 0 Å². The van der Waals surface area contributed by atoms with Crippen LogP contribution in [0, 0.1) is 5.92 Å². The standard InChI is InChI=1S/C20H30N2O6/c1-22(27-3)19(23)18(21-20(24)25)12-14-4-10-17(11-5-14)28-13-15-6-8-16(26-2)9-7-15/h6-9,14,17-18,21H,4-5,10-13H2,1-3H3,(H,24,25). The van der Waals surface area contributed by atoms with Crippen molar-refractivity contribution in [3.8, 4) is 5.75 Å². The first-order valence-electron chi connectivity index (χ1n) is 9.48. The molecule has 0 radical (unpaired) electrons. The highest BCUT2D eigenvalue weighted by atomic mass is 16.7. The molecule has 2 rings (SSSR count). The molecule has 2 amide bonds. The molecule has 0 saturated heterocycles. The lowest BCUT2D eigenvalue weighted by Gasteiger charge is -2.31. The Balaban J connectivity index is 1.79. The maximum atomic E-state index is 12.3. The fraction of sp³-hybridized carbons (Fsp3) is 0.600. The fourth-order valence-corrected chi connectivity index (χ4v) is 3.48. The van der Waals surface area contributed by atoms with Crippen LogP contribution in [0.2, 0.25) is 0 Å². The van der Waals surface area contributed by atoms with Crippen LogP contribution in [0.3, 0.4) is 0 Å². The van der Waals surface area contributed by atoms with Crippen LogP contribution in [-0.4, -0.2) is 55.6 Å². The summed E-state index contributed by atoms with van der Waals surface area (Å²) in [6.07, 6.45) is 3.03. The smallest absolute Gasteiger partial charge is 0.405 e. The van der Waals surface area contributed by atoms with Gasteiger partial charge in [0.1, 0.15) is 11.8 Å². The van der Waals surface area contributed by atoms with Crippen molar-refractivity contribution in [2.24, 2.45) is 5.92 Å². The molecule has 0 bridgehead atoms. The zero-order valence-electron chi connectivity index (χ0n) is 16.7. The van der Waals surface area contributed by atoms with Gasteiger partial charge in [0.05, 0.1) is 26.9 Å². The average Bonchev–Trinajstić information content (AvgIpc) is 2.71. The van der Waals surface area contributed by atoms with Crippen LogP contribution >= 0.6 is 0 Å². The summed E-state index contributed by atoms with van der Waals surface area (Å²) in [6.45, 7) is 0.555. The first kappa shape index (κ1) is 22.0. The number of amides is 2. The molecule has 1 aromatic carbocycles. The number of hydrogen-bond acceptors (Lipinski definition) is 5. The largest absolute Gasteiger partial charge is 0.497 e. The lowest BCUT2D eigenvalue weighted by atomic mass is 9.83. The third-order valence-corrected chi connectivity index (χ3v) is 5.19. The molecule has 0 heterocycles. The van der Waals surface area contributed by atoms with E-state index in [2.05, 4.69) is 5.32 Å². The van der Waals surface area contributed by atoms with Crippen molar-refractivity contribution in [2.75, 3.05) is 21.3 Å². The molecule has 1 aliphatic carbocycles. The van der Waals surface area contributed by atoms with Crippen LogP contribution in [0.1, 0.15) is 37.7 Å². The topological polar surface area (TPSA) is 97.3 Å². The van der Waals surface area contributed by atoms with E-state index in [0.29, 0.717) is 13.0 Å². The van der Waals surface area contributed by atoms with Crippen molar-refractivity contribution >= 4 is 12.0 Å². The molecule has 0 aromatic heterocycles. The molecule has 28 heavy (non-hydrogen) atoms. The van der Waals surface area contributed by atoms with Crippen molar-refractivity contribution in [3.05, 3.63) is 29.8 Å². The number of hydroxylamine groups is 2. The maximum absolute atomic E-state index is 12.3. The molecule has 1 fully saturated rings. The van der Waals surface area contributed by atoms with Crippen molar-refractivity contribution in [1.29, 1.82) is 0 Å². The second-order valence-electron chi connectivity index (χ2n) is 7.06. The molecule has 1 aliphatic rings. The summed E-state index contributed by atoms with van der Waals surface area (Å²) in [5, 5.41) is 12.4. The molecule has 8 heteroatoms. The molecular formula is C20H30N2O6. The number of carbonyl (C=O) groups is 2.